The predicted molar refractivity (Wildman–Crippen MR) is 147 cm³/mol. The second-order valence-corrected chi connectivity index (χ2v) is 10.3. The number of amides is 3. The Morgan fingerprint density at radius 3 is 1.92 bits per heavy atom. The smallest absolute Gasteiger partial charge is 0.326 e. The number of nitrogens with zero attached hydrogens (tertiary/aromatic N) is 1. The van der Waals surface area contributed by atoms with Crippen molar-refractivity contribution in [1.29, 1.82) is 0 Å². The van der Waals surface area contributed by atoms with Crippen molar-refractivity contribution < 1.29 is 24.3 Å². The number of hydrogen-bond acceptors (Lipinski definition) is 8. The number of unbranched alkanes of at least 4 members (excludes halogenated alkanes) is 1. The summed E-state index contributed by atoms with van der Waals surface area (Å²) in [6.45, 7) is 4.51. The molecule has 0 aromatic carbocycles. The van der Waals surface area contributed by atoms with Gasteiger partial charge in [-0.3, -0.25) is 19.4 Å². The summed E-state index contributed by atoms with van der Waals surface area (Å²) in [7, 11) is 0. The number of carbonyl (C=O) groups is 4. The van der Waals surface area contributed by atoms with E-state index in [1.165, 1.54) is 11.8 Å². The van der Waals surface area contributed by atoms with Gasteiger partial charge in [0.25, 0.3) is 0 Å². The van der Waals surface area contributed by atoms with Gasteiger partial charge in [-0.05, 0) is 69.4 Å². The molecule has 0 aromatic heterocycles. The number of nitrogens with one attached hydrogen (secondary N) is 3. The summed E-state index contributed by atoms with van der Waals surface area (Å²) in [5.74, 6) is -2.16. The van der Waals surface area contributed by atoms with Crippen LogP contribution in [0.3, 0.4) is 0 Å². The number of aliphatic imine (C=N–C) groups is 1. The van der Waals surface area contributed by atoms with Crippen molar-refractivity contribution >= 4 is 41.4 Å². The number of nitrogens with two attached hydrogens (primary N) is 4. The Bertz CT molecular complexity index is 749. The first-order valence-corrected chi connectivity index (χ1v) is 14.0. The summed E-state index contributed by atoms with van der Waals surface area (Å²) < 4.78 is 0. The minimum Gasteiger partial charge on any atom is -0.480 e. The van der Waals surface area contributed by atoms with Gasteiger partial charge >= 0.3 is 5.97 Å². The van der Waals surface area contributed by atoms with Crippen LogP contribution >= 0.6 is 11.8 Å². The van der Waals surface area contributed by atoms with Crippen LogP contribution in [0, 0.1) is 5.92 Å². The monoisotopic (exact) mass is 546 g/mol. The minimum atomic E-state index is -1.18. The van der Waals surface area contributed by atoms with Gasteiger partial charge < -0.3 is 44.0 Å². The molecule has 3 amide bonds. The van der Waals surface area contributed by atoms with Crippen LogP contribution < -0.4 is 38.9 Å². The number of hydrogen-bond donors (Lipinski definition) is 8. The first kappa shape index (κ1) is 34.4. The van der Waals surface area contributed by atoms with Crippen molar-refractivity contribution in [3.05, 3.63) is 0 Å². The summed E-state index contributed by atoms with van der Waals surface area (Å²) in [6.07, 6.45) is 4.50. The highest BCUT2D eigenvalue weighted by molar-refractivity contribution is 7.98. The lowest BCUT2D eigenvalue weighted by atomic mass is 10.0. The molecule has 0 aromatic rings. The molecule has 0 fully saturated rings. The Kier molecular flexibility index (Phi) is 18.2. The average molecular weight is 547 g/mol. The third-order valence-corrected chi connectivity index (χ3v) is 6.09. The van der Waals surface area contributed by atoms with Crippen molar-refractivity contribution in [2.45, 2.75) is 83.0 Å². The second kappa shape index (κ2) is 19.5. The van der Waals surface area contributed by atoms with E-state index in [0.29, 0.717) is 44.4 Å². The fourth-order valence-corrected chi connectivity index (χ4v) is 3.94. The quantitative estimate of drug-likeness (QED) is 0.0517. The van der Waals surface area contributed by atoms with E-state index in [2.05, 4.69) is 20.9 Å². The molecule has 0 bridgehead atoms. The van der Waals surface area contributed by atoms with Gasteiger partial charge in [0.1, 0.15) is 18.1 Å². The van der Waals surface area contributed by atoms with Crippen LogP contribution in [0.2, 0.25) is 0 Å². The van der Waals surface area contributed by atoms with Crippen LogP contribution in [0.25, 0.3) is 0 Å². The van der Waals surface area contributed by atoms with E-state index in [9.17, 15) is 24.3 Å². The van der Waals surface area contributed by atoms with Crippen LogP contribution in [0.15, 0.2) is 4.99 Å². The molecule has 4 atom stereocenters. The van der Waals surface area contributed by atoms with E-state index in [1.807, 2.05) is 20.1 Å². The largest absolute Gasteiger partial charge is 0.480 e. The molecular formula is C23H46N8O5S. The lowest BCUT2D eigenvalue weighted by Crippen LogP contribution is -2.57. The molecule has 0 spiro atoms. The van der Waals surface area contributed by atoms with Gasteiger partial charge in [-0.15, -0.1) is 0 Å². The molecule has 0 rings (SSSR count). The minimum absolute atomic E-state index is 0.103. The van der Waals surface area contributed by atoms with Crippen molar-refractivity contribution in [3.63, 3.8) is 0 Å². The molecule has 4 unspecified atom stereocenters. The van der Waals surface area contributed by atoms with Crippen LogP contribution in [-0.4, -0.2) is 84.0 Å². The number of aliphatic carboxylic acids is 1. The van der Waals surface area contributed by atoms with Crippen molar-refractivity contribution in [2.75, 3.05) is 25.1 Å². The third-order valence-electron chi connectivity index (χ3n) is 5.45. The molecule has 0 aliphatic rings. The first-order valence-electron chi connectivity index (χ1n) is 12.6. The second-order valence-electron chi connectivity index (χ2n) is 9.27. The van der Waals surface area contributed by atoms with Crippen molar-refractivity contribution in [1.82, 2.24) is 16.0 Å². The van der Waals surface area contributed by atoms with Crippen molar-refractivity contribution in [3.8, 4) is 0 Å². The molecule has 0 saturated carbocycles. The zero-order chi connectivity index (χ0) is 28.4. The third kappa shape index (κ3) is 16.0. The maximum absolute atomic E-state index is 13.2. The van der Waals surface area contributed by atoms with E-state index in [1.54, 1.807) is 0 Å². The molecule has 0 aliphatic heterocycles. The van der Waals surface area contributed by atoms with E-state index >= 15 is 0 Å². The van der Waals surface area contributed by atoms with Gasteiger partial charge in [0, 0.05) is 6.54 Å². The van der Waals surface area contributed by atoms with Gasteiger partial charge in [0.2, 0.25) is 17.7 Å². The van der Waals surface area contributed by atoms with Gasteiger partial charge in [0.15, 0.2) is 5.96 Å². The predicted octanol–water partition coefficient (Wildman–Crippen LogP) is -1.17. The zero-order valence-corrected chi connectivity index (χ0v) is 23.0. The average Bonchev–Trinajstić information content (AvgIpc) is 2.81. The highest BCUT2D eigenvalue weighted by Gasteiger charge is 2.30. The molecular weight excluding hydrogens is 500 g/mol. The maximum Gasteiger partial charge on any atom is 0.326 e. The molecule has 0 heterocycles. The summed E-state index contributed by atoms with van der Waals surface area (Å²) in [6, 6.07) is -3.87. The van der Waals surface area contributed by atoms with Gasteiger partial charge in [-0.1, -0.05) is 13.8 Å². The van der Waals surface area contributed by atoms with Crippen LogP contribution in [-0.2, 0) is 19.2 Å². The van der Waals surface area contributed by atoms with E-state index in [-0.39, 0.29) is 31.3 Å². The highest BCUT2D eigenvalue weighted by atomic mass is 32.2. The Morgan fingerprint density at radius 2 is 1.41 bits per heavy atom. The molecule has 14 heteroatoms. The fourth-order valence-electron chi connectivity index (χ4n) is 3.47. The fraction of sp³-hybridized carbons (Fsp3) is 0.783. The Morgan fingerprint density at radius 1 is 0.865 bits per heavy atom. The van der Waals surface area contributed by atoms with Gasteiger partial charge in [0.05, 0.1) is 6.04 Å². The Balaban J connectivity index is 5.57. The number of carboxylic acid groups (broad SMARTS) is 1. The summed E-state index contributed by atoms with van der Waals surface area (Å²) in [5, 5.41) is 17.4. The van der Waals surface area contributed by atoms with Gasteiger partial charge in [-0.2, -0.15) is 11.8 Å². The van der Waals surface area contributed by atoms with Crippen LogP contribution in [0.4, 0.5) is 0 Å². The summed E-state index contributed by atoms with van der Waals surface area (Å²) in [4.78, 5) is 54.3. The molecule has 13 nitrogen and oxygen atoms in total. The SMILES string of the molecule is CSCCC(NC(=O)C(N)CC(C)C)C(=O)NC(CCCN=C(N)N)C(=O)NC(CCCCN)C(=O)O. The standard InChI is InChI=1S/C23H46N8O5S/c1-14(2)13-15(25)19(32)29-17(9-12-37-3)21(34)30-16(8-6-11-28-23(26)27)20(33)31-18(22(35)36)7-4-5-10-24/h14-18H,4-13,24-25H2,1-3H3,(H,29,32)(H,30,34)(H,31,33)(H,35,36)(H4,26,27,28). The number of guanidine groups is 1. The normalized spacial score (nSPS) is 14.2. The number of carbonyl (C=O) groups excluding carboxylic acids is 3. The Labute approximate surface area is 223 Å². The van der Waals surface area contributed by atoms with Crippen LogP contribution in [0.5, 0.6) is 0 Å². The summed E-state index contributed by atoms with van der Waals surface area (Å²) in [5.41, 5.74) is 22.1. The molecule has 0 saturated heterocycles. The highest BCUT2D eigenvalue weighted by Crippen LogP contribution is 2.08. The molecule has 214 valence electrons. The number of carboxylic acids is 1. The molecule has 0 aliphatic carbocycles. The van der Waals surface area contributed by atoms with Gasteiger partial charge in [-0.25, -0.2) is 4.79 Å². The zero-order valence-electron chi connectivity index (χ0n) is 22.2. The van der Waals surface area contributed by atoms with E-state index in [0.717, 1.165) is 0 Å². The number of thioether (sulfide) groups is 1. The van der Waals surface area contributed by atoms with E-state index in [4.69, 9.17) is 22.9 Å². The topological polar surface area (TPSA) is 241 Å². The summed E-state index contributed by atoms with van der Waals surface area (Å²) >= 11 is 1.50. The molecule has 37 heavy (non-hydrogen) atoms. The molecule has 12 N–H and O–H groups in total. The van der Waals surface area contributed by atoms with Crippen molar-refractivity contribution in [2.24, 2.45) is 33.8 Å². The first-order chi connectivity index (χ1) is 17.4. The lowest BCUT2D eigenvalue weighted by molar-refractivity contribution is -0.142. The Hall–Kier alpha value is -2.58. The maximum atomic E-state index is 13.2. The number of rotatable bonds is 20. The lowest BCUT2D eigenvalue weighted by Gasteiger charge is -2.25. The van der Waals surface area contributed by atoms with Crippen LogP contribution in [0.1, 0.15) is 58.8 Å². The van der Waals surface area contributed by atoms with E-state index < -0.39 is 47.9 Å². The molecule has 0 radical (unpaired) electrons.